The van der Waals surface area contributed by atoms with Gasteiger partial charge >= 0.3 is 0 Å². The SMILES string of the molecule is C=CCC(C)Nc1ncc(C#N)c2ccsc12. The smallest absolute Gasteiger partial charge is 0.144 e. The van der Waals surface area contributed by atoms with E-state index < -0.39 is 0 Å². The molecule has 2 heterocycles. The molecule has 0 aliphatic heterocycles. The number of hydrogen-bond donors (Lipinski definition) is 1. The van der Waals surface area contributed by atoms with Gasteiger partial charge in [-0.1, -0.05) is 6.08 Å². The van der Waals surface area contributed by atoms with Crippen LogP contribution in [0.25, 0.3) is 10.1 Å². The summed E-state index contributed by atoms with van der Waals surface area (Å²) in [6, 6.07) is 4.41. The number of hydrogen-bond acceptors (Lipinski definition) is 4. The predicted molar refractivity (Wildman–Crippen MR) is 72.2 cm³/mol. The zero-order chi connectivity index (χ0) is 12.3. The molecule has 2 aromatic rings. The highest BCUT2D eigenvalue weighted by Gasteiger charge is 2.10. The number of rotatable bonds is 4. The molecule has 17 heavy (non-hydrogen) atoms. The van der Waals surface area contributed by atoms with Gasteiger partial charge in [-0.2, -0.15) is 5.26 Å². The second-order valence-corrected chi connectivity index (χ2v) is 4.78. The Morgan fingerprint density at radius 1 is 1.71 bits per heavy atom. The third-order valence-electron chi connectivity index (χ3n) is 2.52. The van der Waals surface area contributed by atoms with Crippen molar-refractivity contribution < 1.29 is 0 Å². The summed E-state index contributed by atoms with van der Waals surface area (Å²) in [6.07, 6.45) is 4.39. The molecular formula is C13H13N3S. The van der Waals surface area contributed by atoms with Crippen molar-refractivity contribution >= 4 is 27.2 Å². The average Bonchev–Trinajstić information content (AvgIpc) is 2.79. The van der Waals surface area contributed by atoms with Crippen LogP contribution in [0.1, 0.15) is 18.9 Å². The summed E-state index contributed by atoms with van der Waals surface area (Å²) in [7, 11) is 0. The van der Waals surface area contributed by atoms with Gasteiger partial charge in [-0.15, -0.1) is 17.9 Å². The molecule has 0 amide bonds. The van der Waals surface area contributed by atoms with Gasteiger partial charge in [0.25, 0.3) is 0 Å². The summed E-state index contributed by atoms with van der Waals surface area (Å²) in [6.45, 7) is 5.81. The largest absolute Gasteiger partial charge is 0.366 e. The van der Waals surface area contributed by atoms with Crippen molar-refractivity contribution in [1.82, 2.24) is 4.98 Å². The zero-order valence-corrected chi connectivity index (χ0v) is 10.4. The van der Waals surface area contributed by atoms with Crippen molar-refractivity contribution in [2.75, 3.05) is 5.32 Å². The number of fused-ring (bicyclic) bond motifs is 1. The Hall–Kier alpha value is -1.86. The first kappa shape index (κ1) is 11.6. The highest BCUT2D eigenvalue weighted by molar-refractivity contribution is 7.17. The van der Waals surface area contributed by atoms with E-state index in [-0.39, 0.29) is 0 Å². The van der Waals surface area contributed by atoms with Gasteiger partial charge < -0.3 is 5.32 Å². The molecule has 2 rings (SSSR count). The van der Waals surface area contributed by atoms with Crippen LogP contribution in [0, 0.1) is 11.3 Å². The van der Waals surface area contributed by atoms with E-state index in [0.717, 1.165) is 22.3 Å². The molecule has 1 unspecified atom stereocenters. The molecule has 0 radical (unpaired) electrons. The Kier molecular flexibility index (Phi) is 3.40. The van der Waals surface area contributed by atoms with Crippen LogP contribution in [-0.4, -0.2) is 11.0 Å². The van der Waals surface area contributed by atoms with E-state index in [0.29, 0.717) is 11.6 Å². The molecule has 1 atom stereocenters. The quantitative estimate of drug-likeness (QED) is 0.835. The number of thiophene rings is 1. The molecule has 86 valence electrons. The molecular weight excluding hydrogens is 230 g/mol. The average molecular weight is 243 g/mol. The summed E-state index contributed by atoms with van der Waals surface area (Å²) >= 11 is 1.60. The predicted octanol–water partition coefficient (Wildman–Crippen LogP) is 3.54. The van der Waals surface area contributed by atoms with Gasteiger partial charge in [-0.3, -0.25) is 0 Å². The Morgan fingerprint density at radius 2 is 2.53 bits per heavy atom. The summed E-state index contributed by atoms with van der Waals surface area (Å²) in [5.74, 6) is 0.850. The Labute approximate surface area is 104 Å². The van der Waals surface area contributed by atoms with E-state index in [1.54, 1.807) is 17.5 Å². The Bertz CT molecular complexity index is 580. The van der Waals surface area contributed by atoms with Crippen LogP contribution >= 0.6 is 11.3 Å². The van der Waals surface area contributed by atoms with Gasteiger partial charge in [-0.05, 0) is 24.8 Å². The molecule has 0 aliphatic rings. The van der Waals surface area contributed by atoms with Gasteiger partial charge in [0.2, 0.25) is 0 Å². The van der Waals surface area contributed by atoms with Crippen LogP contribution in [0.15, 0.2) is 30.3 Å². The summed E-state index contributed by atoms with van der Waals surface area (Å²) in [4.78, 5) is 4.31. The minimum Gasteiger partial charge on any atom is -0.366 e. The van der Waals surface area contributed by atoms with Crippen LogP contribution in [-0.2, 0) is 0 Å². The van der Waals surface area contributed by atoms with Crippen LogP contribution in [0.4, 0.5) is 5.82 Å². The highest BCUT2D eigenvalue weighted by atomic mass is 32.1. The van der Waals surface area contributed by atoms with E-state index in [1.807, 2.05) is 17.5 Å². The first-order chi connectivity index (χ1) is 8.26. The minimum atomic E-state index is 0.290. The van der Waals surface area contributed by atoms with Gasteiger partial charge in [0, 0.05) is 17.6 Å². The van der Waals surface area contributed by atoms with Gasteiger partial charge in [-0.25, -0.2) is 4.98 Å². The van der Waals surface area contributed by atoms with Crippen LogP contribution < -0.4 is 5.32 Å². The fraction of sp³-hybridized carbons (Fsp3) is 0.231. The molecule has 0 saturated heterocycles. The van der Waals surface area contributed by atoms with Gasteiger partial charge in [0.15, 0.2) is 0 Å². The summed E-state index contributed by atoms with van der Waals surface area (Å²) in [5.41, 5.74) is 0.628. The van der Waals surface area contributed by atoms with Crippen molar-refractivity contribution in [3.05, 3.63) is 35.9 Å². The maximum atomic E-state index is 8.99. The molecule has 0 fully saturated rings. The lowest BCUT2D eigenvalue weighted by atomic mass is 10.2. The molecule has 1 N–H and O–H groups in total. The lowest BCUT2D eigenvalue weighted by molar-refractivity contribution is 0.810. The minimum absolute atomic E-state index is 0.290. The first-order valence-electron chi connectivity index (χ1n) is 5.40. The van der Waals surface area contributed by atoms with Crippen molar-refractivity contribution in [2.24, 2.45) is 0 Å². The highest BCUT2D eigenvalue weighted by Crippen LogP contribution is 2.29. The van der Waals surface area contributed by atoms with E-state index in [4.69, 9.17) is 5.26 Å². The van der Waals surface area contributed by atoms with Gasteiger partial charge in [0.05, 0.1) is 10.3 Å². The molecule has 0 aromatic carbocycles. The second kappa shape index (κ2) is 4.98. The maximum absolute atomic E-state index is 8.99. The van der Waals surface area contributed by atoms with Crippen LogP contribution in [0.3, 0.4) is 0 Å². The fourth-order valence-electron chi connectivity index (χ4n) is 1.70. The van der Waals surface area contributed by atoms with E-state index in [1.165, 1.54) is 0 Å². The van der Waals surface area contributed by atoms with E-state index in [9.17, 15) is 0 Å². The topological polar surface area (TPSA) is 48.7 Å². The Morgan fingerprint density at radius 3 is 3.24 bits per heavy atom. The third kappa shape index (κ3) is 2.29. The number of nitrogens with zero attached hydrogens (tertiary/aromatic N) is 2. The molecule has 0 saturated carbocycles. The number of anilines is 1. The van der Waals surface area contributed by atoms with Crippen molar-refractivity contribution in [1.29, 1.82) is 5.26 Å². The standard InChI is InChI=1S/C13H13N3S/c1-3-4-9(2)16-13-12-11(5-6-17-12)10(7-14)8-15-13/h3,5-6,8-9H,1,4H2,2H3,(H,15,16). The number of aromatic nitrogens is 1. The van der Waals surface area contributed by atoms with Gasteiger partial charge in [0.1, 0.15) is 11.9 Å². The zero-order valence-electron chi connectivity index (χ0n) is 9.60. The molecule has 2 aromatic heterocycles. The summed E-state index contributed by atoms with van der Waals surface area (Å²) < 4.78 is 1.04. The molecule has 4 heteroatoms. The van der Waals surface area contributed by atoms with Crippen molar-refractivity contribution in [3.8, 4) is 6.07 Å². The van der Waals surface area contributed by atoms with Crippen LogP contribution in [0.5, 0.6) is 0 Å². The maximum Gasteiger partial charge on any atom is 0.144 e. The van der Waals surface area contributed by atoms with Crippen LogP contribution in [0.2, 0.25) is 0 Å². The molecule has 3 nitrogen and oxygen atoms in total. The molecule has 0 bridgehead atoms. The van der Waals surface area contributed by atoms with Crippen molar-refractivity contribution in [3.63, 3.8) is 0 Å². The normalized spacial score (nSPS) is 12.0. The Balaban J connectivity index is 2.39. The first-order valence-corrected chi connectivity index (χ1v) is 6.28. The monoisotopic (exact) mass is 243 g/mol. The lowest BCUT2D eigenvalue weighted by Crippen LogP contribution is -2.14. The fourth-order valence-corrected chi connectivity index (χ4v) is 2.56. The van der Waals surface area contributed by atoms with E-state index >= 15 is 0 Å². The van der Waals surface area contributed by atoms with Crippen molar-refractivity contribution in [2.45, 2.75) is 19.4 Å². The van der Waals surface area contributed by atoms with E-state index in [2.05, 4.69) is 29.9 Å². The second-order valence-electron chi connectivity index (χ2n) is 3.87. The summed E-state index contributed by atoms with van der Waals surface area (Å²) in [5, 5.41) is 15.3. The number of nitrogens with one attached hydrogen (secondary N) is 1. The molecule has 0 aliphatic carbocycles. The number of nitriles is 1. The number of pyridine rings is 1. The molecule has 0 spiro atoms. The lowest BCUT2D eigenvalue weighted by Gasteiger charge is -2.13. The third-order valence-corrected chi connectivity index (χ3v) is 3.44.